The van der Waals surface area contributed by atoms with Gasteiger partial charge in [-0.25, -0.2) is 14.4 Å². The Kier molecular flexibility index (Phi) is 6.16. The number of carbonyl (C=O) groups excluding carboxylic acids is 3. The number of likely N-dealkylation sites (tertiary alicyclic amines) is 1. The van der Waals surface area contributed by atoms with Crippen LogP contribution in [0, 0.1) is 5.92 Å². The van der Waals surface area contributed by atoms with Gasteiger partial charge in [-0.2, -0.15) is 0 Å². The first-order valence-corrected chi connectivity index (χ1v) is 12.7. The molecule has 4 atom stereocenters. The first-order valence-electron chi connectivity index (χ1n) is 12.2. The van der Waals surface area contributed by atoms with Crippen molar-refractivity contribution in [2.75, 3.05) is 6.54 Å². The summed E-state index contributed by atoms with van der Waals surface area (Å²) in [5.74, 6) is -0.182. The van der Waals surface area contributed by atoms with Gasteiger partial charge in [0.15, 0.2) is 0 Å². The van der Waals surface area contributed by atoms with Gasteiger partial charge in [0.1, 0.15) is 23.5 Å². The number of ether oxygens (including phenoxy) is 3. The molecule has 0 radical (unpaired) electrons. The Morgan fingerprint density at radius 1 is 1.14 bits per heavy atom. The smallest absolute Gasteiger partial charge is 0.411 e. The van der Waals surface area contributed by atoms with Crippen LogP contribution in [0.5, 0.6) is 0 Å². The average Bonchev–Trinajstić information content (AvgIpc) is 3.28. The number of carbonyl (C=O) groups is 3. The second-order valence-corrected chi connectivity index (χ2v) is 11.1. The van der Waals surface area contributed by atoms with Crippen LogP contribution in [0.3, 0.4) is 0 Å². The predicted octanol–water partition coefficient (Wildman–Crippen LogP) is 4.88. The molecule has 0 bridgehead atoms. The predicted molar refractivity (Wildman–Crippen MR) is 129 cm³/mol. The van der Waals surface area contributed by atoms with Crippen molar-refractivity contribution >= 4 is 29.6 Å². The second-order valence-electron chi connectivity index (χ2n) is 10.6. The molecule has 5 rings (SSSR count). The zero-order chi connectivity index (χ0) is 24.9. The van der Waals surface area contributed by atoms with Crippen molar-refractivity contribution in [1.82, 2.24) is 4.90 Å². The van der Waals surface area contributed by atoms with Crippen molar-refractivity contribution in [2.24, 2.45) is 5.92 Å². The van der Waals surface area contributed by atoms with Gasteiger partial charge in [-0.05, 0) is 75.7 Å². The number of hydrogen-bond acceptors (Lipinski definition) is 6. The summed E-state index contributed by atoms with van der Waals surface area (Å²) in [5, 5.41) is -0.199. The molecule has 0 spiro atoms. The SMILES string of the molecule is CC(C)(C)OC(=O)N1CCCC1C(=O)OC1C=C2C=CC3C4=C(CC(Cl)C=C4)C(=O)OC3=C2CC1. The molecule has 3 aliphatic carbocycles. The van der Waals surface area contributed by atoms with Crippen LogP contribution in [0.1, 0.15) is 52.9 Å². The Balaban J connectivity index is 1.30. The van der Waals surface area contributed by atoms with Gasteiger partial charge < -0.3 is 14.2 Å². The molecule has 4 unspecified atom stereocenters. The van der Waals surface area contributed by atoms with Crippen molar-refractivity contribution in [3.8, 4) is 0 Å². The molecule has 0 N–H and O–H groups in total. The number of alkyl halides is 1. The van der Waals surface area contributed by atoms with Crippen LogP contribution in [0.2, 0.25) is 0 Å². The molecule has 7 nitrogen and oxygen atoms in total. The summed E-state index contributed by atoms with van der Waals surface area (Å²) in [6.07, 6.45) is 11.9. The zero-order valence-corrected chi connectivity index (χ0v) is 21.0. The van der Waals surface area contributed by atoms with Crippen LogP contribution in [0.25, 0.3) is 0 Å². The zero-order valence-electron chi connectivity index (χ0n) is 20.2. The Morgan fingerprint density at radius 2 is 1.94 bits per heavy atom. The van der Waals surface area contributed by atoms with Crippen LogP contribution in [-0.2, 0) is 23.8 Å². The number of nitrogens with zero attached hydrogens (tertiary/aromatic N) is 1. The maximum absolute atomic E-state index is 13.0. The van der Waals surface area contributed by atoms with Crippen LogP contribution in [0.4, 0.5) is 4.79 Å². The molecule has 1 amide bonds. The molecule has 8 heteroatoms. The largest absolute Gasteiger partial charge is 0.457 e. The molecule has 0 aromatic carbocycles. The van der Waals surface area contributed by atoms with Gasteiger partial charge in [0.25, 0.3) is 0 Å². The lowest BCUT2D eigenvalue weighted by atomic mass is 9.77. The molecular weight excluding hydrogens is 470 g/mol. The van der Waals surface area contributed by atoms with E-state index in [-0.39, 0.29) is 17.3 Å². The molecule has 0 saturated carbocycles. The number of allylic oxidation sites excluding steroid dienone is 6. The van der Waals surface area contributed by atoms with E-state index in [9.17, 15) is 14.4 Å². The molecule has 1 fully saturated rings. The molecule has 0 aromatic heterocycles. The Hall–Kier alpha value is -2.80. The van der Waals surface area contributed by atoms with Gasteiger partial charge in [0, 0.05) is 12.1 Å². The van der Waals surface area contributed by atoms with Crippen LogP contribution < -0.4 is 0 Å². The van der Waals surface area contributed by atoms with E-state index in [0.717, 1.165) is 23.1 Å². The van der Waals surface area contributed by atoms with Gasteiger partial charge in [-0.1, -0.05) is 24.3 Å². The highest BCUT2D eigenvalue weighted by atomic mass is 35.5. The fraction of sp³-hybridized carbons (Fsp3) is 0.519. The van der Waals surface area contributed by atoms with Crippen molar-refractivity contribution in [3.05, 3.63) is 58.4 Å². The van der Waals surface area contributed by atoms with E-state index in [1.165, 1.54) is 4.90 Å². The normalized spacial score (nSPS) is 29.8. The average molecular weight is 500 g/mol. The molecular formula is C27H30ClNO6. The monoisotopic (exact) mass is 499 g/mol. The van der Waals surface area contributed by atoms with Crippen LogP contribution in [-0.4, -0.2) is 52.6 Å². The van der Waals surface area contributed by atoms with Gasteiger partial charge in [-0.15, -0.1) is 11.6 Å². The summed E-state index contributed by atoms with van der Waals surface area (Å²) in [6.45, 7) is 5.88. The van der Waals surface area contributed by atoms with Crippen LogP contribution >= 0.6 is 11.6 Å². The van der Waals surface area contributed by atoms with Crippen molar-refractivity contribution in [2.45, 2.75) is 76.0 Å². The quantitative estimate of drug-likeness (QED) is 0.306. The molecule has 2 aliphatic heterocycles. The van der Waals surface area contributed by atoms with Gasteiger partial charge in [0.2, 0.25) is 0 Å². The lowest BCUT2D eigenvalue weighted by molar-refractivity contribution is -0.152. The molecule has 1 saturated heterocycles. The summed E-state index contributed by atoms with van der Waals surface area (Å²) in [4.78, 5) is 39.7. The number of fused-ring (bicyclic) bond motifs is 3. The van der Waals surface area contributed by atoms with E-state index in [1.807, 2.05) is 30.4 Å². The second kappa shape index (κ2) is 9.01. The highest BCUT2D eigenvalue weighted by Crippen LogP contribution is 2.45. The summed E-state index contributed by atoms with van der Waals surface area (Å²) < 4.78 is 17.1. The Labute approximate surface area is 210 Å². The van der Waals surface area contributed by atoms with E-state index in [4.69, 9.17) is 25.8 Å². The summed E-state index contributed by atoms with van der Waals surface area (Å²) in [7, 11) is 0. The summed E-state index contributed by atoms with van der Waals surface area (Å²) >= 11 is 6.21. The van der Waals surface area contributed by atoms with E-state index in [2.05, 4.69) is 0 Å². The number of halogens is 1. The first kappa shape index (κ1) is 23.9. The third-order valence-electron chi connectivity index (χ3n) is 6.88. The summed E-state index contributed by atoms with van der Waals surface area (Å²) in [5.41, 5.74) is 2.85. The lowest BCUT2D eigenvalue weighted by Crippen LogP contribution is -2.44. The van der Waals surface area contributed by atoms with Crippen LogP contribution in [0.15, 0.2) is 58.4 Å². The molecule has 186 valence electrons. The van der Waals surface area contributed by atoms with Crippen molar-refractivity contribution in [3.63, 3.8) is 0 Å². The molecule has 0 aromatic rings. The third kappa shape index (κ3) is 4.70. The minimum Gasteiger partial charge on any atom is -0.457 e. The number of amides is 1. The topological polar surface area (TPSA) is 82.1 Å². The van der Waals surface area contributed by atoms with Crippen molar-refractivity contribution in [1.29, 1.82) is 0 Å². The summed E-state index contributed by atoms with van der Waals surface area (Å²) in [6, 6.07) is -0.636. The van der Waals surface area contributed by atoms with E-state index in [1.54, 1.807) is 20.8 Å². The van der Waals surface area contributed by atoms with E-state index in [0.29, 0.717) is 43.6 Å². The third-order valence-corrected chi connectivity index (χ3v) is 7.18. The Bertz CT molecular complexity index is 1120. The first-order chi connectivity index (χ1) is 16.6. The molecule has 2 heterocycles. The molecule has 35 heavy (non-hydrogen) atoms. The Morgan fingerprint density at radius 3 is 2.71 bits per heavy atom. The van der Waals surface area contributed by atoms with Gasteiger partial charge in [0.05, 0.1) is 11.3 Å². The maximum Gasteiger partial charge on any atom is 0.411 e. The van der Waals surface area contributed by atoms with Gasteiger partial charge in [-0.3, -0.25) is 4.90 Å². The highest BCUT2D eigenvalue weighted by molar-refractivity contribution is 6.22. The van der Waals surface area contributed by atoms with Gasteiger partial charge >= 0.3 is 18.0 Å². The molecule has 5 aliphatic rings. The lowest BCUT2D eigenvalue weighted by Gasteiger charge is -2.35. The minimum atomic E-state index is -0.636. The van der Waals surface area contributed by atoms with Crippen molar-refractivity contribution < 1.29 is 28.6 Å². The number of rotatable bonds is 2. The standard InChI is InChI=1S/C27H30ClNO6/c1-27(2,3)35-26(32)29-12-4-5-22(29)25(31)33-17-8-11-18-15(13-17)6-9-20-19-10-7-16(28)14-21(19)24(30)34-23(18)20/h6-7,9-10,13,16-17,20,22H,4-5,8,11-12,14H2,1-3H3. The van der Waals surface area contributed by atoms with E-state index < -0.39 is 29.8 Å². The minimum absolute atomic E-state index is 0.102. The fourth-order valence-corrected chi connectivity index (χ4v) is 5.52. The van der Waals surface area contributed by atoms with E-state index >= 15 is 0 Å². The fourth-order valence-electron chi connectivity index (χ4n) is 5.30. The highest BCUT2D eigenvalue weighted by Gasteiger charge is 2.41. The number of esters is 2. The maximum atomic E-state index is 13.0. The number of hydrogen-bond donors (Lipinski definition) is 0.